The Hall–Kier alpha value is -1.65. The summed E-state index contributed by atoms with van der Waals surface area (Å²) < 4.78 is 0. The first kappa shape index (κ1) is 13.8. The molecule has 19 heavy (non-hydrogen) atoms. The summed E-state index contributed by atoms with van der Waals surface area (Å²) in [5, 5.41) is 0.633. The molecule has 0 amide bonds. The van der Waals surface area contributed by atoms with Gasteiger partial charge in [0.15, 0.2) is 0 Å². The van der Waals surface area contributed by atoms with Gasteiger partial charge < -0.3 is 10.6 Å². The van der Waals surface area contributed by atoms with E-state index in [4.69, 9.17) is 17.3 Å². The lowest BCUT2D eigenvalue weighted by molar-refractivity contribution is 0.837. The summed E-state index contributed by atoms with van der Waals surface area (Å²) >= 11 is 6.29. The van der Waals surface area contributed by atoms with Crippen LogP contribution in [0.3, 0.4) is 0 Å². The van der Waals surface area contributed by atoms with Crippen molar-refractivity contribution in [2.75, 3.05) is 18.5 Å². The minimum atomic E-state index is 0.419. The van der Waals surface area contributed by atoms with Crippen molar-refractivity contribution in [3.05, 3.63) is 52.9 Å². The molecule has 2 N–H and O–H groups in total. The number of likely N-dealkylation sites (N-methyl/N-ethyl adjacent to an activating group) is 1. The van der Waals surface area contributed by atoms with Crippen LogP contribution in [0.4, 0.5) is 5.82 Å². The lowest BCUT2D eigenvalue weighted by Crippen LogP contribution is -2.22. The monoisotopic (exact) mass is 276 g/mol. The summed E-state index contributed by atoms with van der Waals surface area (Å²) in [6, 6.07) is 7.76. The Labute approximate surface area is 118 Å². The fourth-order valence-corrected chi connectivity index (χ4v) is 2.16. The maximum Gasteiger partial charge on any atom is 0.147 e. The molecular formula is C14H17ClN4. The minimum Gasteiger partial charge on any atom is -0.358 e. The summed E-state index contributed by atoms with van der Waals surface area (Å²) in [7, 11) is 1.97. The van der Waals surface area contributed by atoms with Gasteiger partial charge in [-0.05, 0) is 23.8 Å². The van der Waals surface area contributed by atoms with Gasteiger partial charge in [0.1, 0.15) is 5.82 Å². The highest BCUT2D eigenvalue weighted by atomic mass is 35.5. The number of nitrogens with two attached hydrogens (primary N) is 1. The first-order chi connectivity index (χ1) is 9.22. The Morgan fingerprint density at radius 2 is 2.05 bits per heavy atom. The van der Waals surface area contributed by atoms with Crippen molar-refractivity contribution in [2.45, 2.75) is 13.0 Å². The molecule has 0 unspecified atom stereocenters. The van der Waals surface area contributed by atoms with Crippen LogP contribution in [0.25, 0.3) is 0 Å². The van der Waals surface area contributed by atoms with Crippen LogP contribution in [0.1, 0.15) is 11.3 Å². The molecule has 0 radical (unpaired) electrons. The normalized spacial score (nSPS) is 10.5. The van der Waals surface area contributed by atoms with Gasteiger partial charge in [0, 0.05) is 44.6 Å². The first-order valence-corrected chi connectivity index (χ1v) is 6.54. The SMILES string of the molecule is CN(CCc1ccccn1)c1nccc(CN)c1Cl. The highest BCUT2D eigenvalue weighted by molar-refractivity contribution is 6.33. The van der Waals surface area contributed by atoms with E-state index >= 15 is 0 Å². The third-order valence-corrected chi connectivity index (χ3v) is 3.37. The molecule has 0 atom stereocenters. The van der Waals surface area contributed by atoms with E-state index in [-0.39, 0.29) is 0 Å². The van der Waals surface area contributed by atoms with Crippen LogP contribution in [0.5, 0.6) is 0 Å². The lowest BCUT2D eigenvalue weighted by atomic mass is 10.2. The molecule has 0 saturated heterocycles. The Kier molecular flexibility index (Phi) is 4.71. The molecule has 0 spiro atoms. The lowest BCUT2D eigenvalue weighted by Gasteiger charge is -2.20. The predicted octanol–water partition coefficient (Wildman–Crippen LogP) is 2.27. The number of nitrogens with zero attached hydrogens (tertiary/aromatic N) is 3. The van der Waals surface area contributed by atoms with Crippen LogP contribution in [0.2, 0.25) is 5.02 Å². The second-order valence-corrected chi connectivity index (χ2v) is 4.68. The van der Waals surface area contributed by atoms with Gasteiger partial charge in [0.2, 0.25) is 0 Å². The van der Waals surface area contributed by atoms with Gasteiger partial charge in [-0.25, -0.2) is 4.98 Å². The van der Waals surface area contributed by atoms with E-state index < -0.39 is 0 Å². The number of rotatable bonds is 5. The van der Waals surface area contributed by atoms with E-state index in [0.717, 1.165) is 30.0 Å². The van der Waals surface area contributed by atoms with Gasteiger partial charge in [0.05, 0.1) is 5.02 Å². The van der Waals surface area contributed by atoms with Gasteiger partial charge in [-0.1, -0.05) is 17.7 Å². The average molecular weight is 277 g/mol. The standard InChI is InChI=1S/C14H17ClN4/c1-19(9-6-12-4-2-3-7-17-12)14-13(15)11(10-16)5-8-18-14/h2-5,7-8H,6,9-10,16H2,1H3. The van der Waals surface area contributed by atoms with Crippen molar-refractivity contribution < 1.29 is 0 Å². The Balaban J connectivity index is 2.06. The van der Waals surface area contributed by atoms with Crippen LogP contribution < -0.4 is 10.6 Å². The number of hydrogen-bond donors (Lipinski definition) is 1. The molecule has 0 saturated carbocycles. The molecular weight excluding hydrogens is 260 g/mol. The zero-order valence-corrected chi connectivity index (χ0v) is 11.6. The summed E-state index contributed by atoms with van der Waals surface area (Å²) in [4.78, 5) is 10.6. The van der Waals surface area contributed by atoms with Crippen LogP contribution in [0, 0.1) is 0 Å². The van der Waals surface area contributed by atoms with Crippen molar-refractivity contribution in [2.24, 2.45) is 5.73 Å². The number of pyridine rings is 2. The molecule has 0 fully saturated rings. The van der Waals surface area contributed by atoms with E-state index in [1.165, 1.54) is 0 Å². The third-order valence-electron chi connectivity index (χ3n) is 2.96. The smallest absolute Gasteiger partial charge is 0.147 e. The second-order valence-electron chi connectivity index (χ2n) is 4.30. The molecule has 4 nitrogen and oxygen atoms in total. The molecule has 0 aliphatic carbocycles. The first-order valence-electron chi connectivity index (χ1n) is 6.17. The number of aromatic nitrogens is 2. The molecule has 2 aromatic heterocycles. The minimum absolute atomic E-state index is 0.419. The average Bonchev–Trinajstić information content (AvgIpc) is 2.46. The van der Waals surface area contributed by atoms with Crippen molar-refractivity contribution in [1.29, 1.82) is 0 Å². The maximum absolute atomic E-state index is 6.29. The summed E-state index contributed by atoms with van der Waals surface area (Å²) in [6.07, 6.45) is 4.39. The second kappa shape index (κ2) is 6.50. The van der Waals surface area contributed by atoms with Crippen molar-refractivity contribution in [1.82, 2.24) is 9.97 Å². The van der Waals surface area contributed by atoms with Gasteiger partial charge >= 0.3 is 0 Å². The summed E-state index contributed by atoms with van der Waals surface area (Å²) in [5.74, 6) is 0.764. The molecule has 0 aliphatic rings. The maximum atomic E-state index is 6.29. The molecule has 5 heteroatoms. The van der Waals surface area contributed by atoms with Crippen molar-refractivity contribution in [3.63, 3.8) is 0 Å². The van der Waals surface area contributed by atoms with E-state index in [1.807, 2.05) is 36.2 Å². The fraction of sp³-hybridized carbons (Fsp3) is 0.286. The van der Waals surface area contributed by atoms with Gasteiger partial charge in [-0.3, -0.25) is 4.98 Å². The number of anilines is 1. The quantitative estimate of drug-likeness (QED) is 0.910. The molecule has 0 bridgehead atoms. The molecule has 2 aromatic rings. The number of hydrogen-bond acceptors (Lipinski definition) is 4. The van der Waals surface area contributed by atoms with E-state index in [2.05, 4.69) is 9.97 Å². The highest BCUT2D eigenvalue weighted by Crippen LogP contribution is 2.25. The Morgan fingerprint density at radius 1 is 1.21 bits per heavy atom. The topological polar surface area (TPSA) is 55.0 Å². The van der Waals surface area contributed by atoms with Crippen LogP contribution in [-0.4, -0.2) is 23.6 Å². The highest BCUT2D eigenvalue weighted by Gasteiger charge is 2.10. The molecule has 0 aliphatic heterocycles. The van der Waals surface area contributed by atoms with Crippen LogP contribution in [-0.2, 0) is 13.0 Å². The van der Waals surface area contributed by atoms with Crippen molar-refractivity contribution in [3.8, 4) is 0 Å². The predicted molar refractivity (Wildman–Crippen MR) is 78.3 cm³/mol. The zero-order valence-electron chi connectivity index (χ0n) is 10.9. The van der Waals surface area contributed by atoms with Crippen LogP contribution in [0.15, 0.2) is 36.7 Å². The molecule has 100 valence electrons. The van der Waals surface area contributed by atoms with Crippen molar-refractivity contribution >= 4 is 17.4 Å². The van der Waals surface area contributed by atoms with E-state index in [9.17, 15) is 0 Å². The Bertz CT molecular complexity index is 530. The largest absolute Gasteiger partial charge is 0.358 e. The van der Waals surface area contributed by atoms with Gasteiger partial charge in [-0.15, -0.1) is 0 Å². The molecule has 0 aromatic carbocycles. The molecule has 2 rings (SSSR count). The van der Waals surface area contributed by atoms with E-state index in [0.29, 0.717) is 11.6 Å². The Morgan fingerprint density at radius 3 is 2.74 bits per heavy atom. The summed E-state index contributed by atoms with van der Waals surface area (Å²) in [5.41, 5.74) is 7.61. The van der Waals surface area contributed by atoms with Gasteiger partial charge in [-0.2, -0.15) is 0 Å². The zero-order chi connectivity index (χ0) is 13.7. The fourth-order valence-electron chi connectivity index (χ4n) is 1.83. The third kappa shape index (κ3) is 3.43. The summed E-state index contributed by atoms with van der Waals surface area (Å²) in [6.45, 7) is 1.22. The number of halogens is 1. The van der Waals surface area contributed by atoms with E-state index in [1.54, 1.807) is 12.4 Å². The van der Waals surface area contributed by atoms with Crippen LogP contribution >= 0.6 is 11.6 Å². The molecule has 2 heterocycles. The van der Waals surface area contributed by atoms with Gasteiger partial charge in [0.25, 0.3) is 0 Å².